The molecule has 0 aliphatic carbocycles. The van der Waals surface area contributed by atoms with Gasteiger partial charge in [-0.1, -0.05) is 0 Å². The van der Waals surface area contributed by atoms with Crippen LogP contribution in [0.15, 0.2) is 0 Å². The highest BCUT2D eigenvalue weighted by atomic mass is 16.4. The van der Waals surface area contributed by atoms with E-state index in [2.05, 4.69) is 16.0 Å². The van der Waals surface area contributed by atoms with Crippen molar-refractivity contribution in [1.29, 1.82) is 0 Å². The lowest BCUT2D eigenvalue weighted by atomic mass is 10.1. The zero-order chi connectivity index (χ0) is 24.1. The molecule has 0 aliphatic heterocycles. The largest absolute Gasteiger partial charge is 0.481 e. The van der Waals surface area contributed by atoms with Crippen LogP contribution in [0, 0.1) is 0 Å². The minimum absolute atomic E-state index is 0.0687. The second-order valence-electron chi connectivity index (χ2n) is 6.85. The molecule has 14 nitrogen and oxygen atoms in total. The molecule has 0 aliphatic rings. The SMILES string of the molecule is CC(O)C(N)C(=O)NC(CC(=O)O)C(=O)NC(CO)C(=O)NC(CCCCN)C(=O)O. The molecule has 0 heterocycles. The lowest BCUT2D eigenvalue weighted by molar-refractivity contribution is -0.143. The van der Waals surface area contributed by atoms with Crippen molar-refractivity contribution >= 4 is 29.7 Å². The molecule has 0 fully saturated rings. The fraction of sp³-hybridized carbons (Fsp3) is 0.706. The Kier molecular flexibility index (Phi) is 12.9. The first kappa shape index (κ1) is 28.2. The zero-order valence-electron chi connectivity index (χ0n) is 17.1. The topological polar surface area (TPSA) is 254 Å². The van der Waals surface area contributed by atoms with E-state index in [1.54, 1.807) is 0 Å². The molecule has 3 amide bonds. The Morgan fingerprint density at radius 1 is 0.871 bits per heavy atom. The Labute approximate surface area is 178 Å². The number of aliphatic carboxylic acids is 2. The van der Waals surface area contributed by atoms with E-state index in [1.807, 2.05) is 0 Å². The lowest BCUT2D eigenvalue weighted by Gasteiger charge is -2.24. The third-order valence-corrected chi connectivity index (χ3v) is 4.21. The second-order valence-corrected chi connectivity index (χ2v) is 6.85. The Balaban J connectivity index is 5.20. The molecule has 0 spiro atoms. The van der Waals surface area contributed by atoms with Crippen LogP contribution in [-0.2, 0) is 24.0 Å². The molecule has 0 bridgehead atoms. The average Bonchev–Trinajstić information content (AvgIpc) is 2.69. The van der Waals surface area contributed by atoms with Crippen molar-refractivity contribution < 1.29 is 44.4 Å². The van der Waals surface area contributed by atoms with Gasteiger partial charge in [0, 0.05) is 0 Å². The maximum absolute atomic E-state index is 12.4. The zero-order valence-corrected chi connectivity index (χ0v) is 17.1. The van der Waals surface area contributed by atoms with Crippen molar-refractivity contribution in [3.05, 3.63) is 0 Å². The van der Waals surface area contributed by atoms with E-state index in [4.69, 9.17) is 16.6 Å². The highest BCUT2D eigenvalue weighted by Gasteiger charge is 2.31. The summed E-state index contributed by atoms with van der Waals surface area (Å²) in [5.41, 5.74) is 10.8. The standard InChI is InChI=1S/C17H31N5O9/c1-8(24)13(19)16(29)21-10(6-12(25)26)14(27)22-11(7-23)15(28)20-9(17(30)31)4-2-3-5-18/h8-11,13,23-24H,2-7,18-19H2,1H3,(H,20,28)(H,21,29)(H,22,27)(H,25,26)(H,30,31). The molecule has 0 aromatic carbocycles. The van der Waals surface area contributed by atoms with Gasteiger partial charge in [0.2, 0.25) is 17.7 Å². The molecule has 0 saturated heterocycles. The summed E-state index contributed by atoms with van der Waals surface area (Å²) < 4.78 is 0. The summed E-state index contributed by atoms with van der Waals surface area (Å²) in [4.78, 5) is 58.9. The predicted molar refractivity (Wildman–Crippen MR) is 105 cm³/mol. The molecule has 0 aromatic rings. The number of amides is 3. The van der Waals surface area contributed by atoms with Gasteiger partial charge in [-0.05, 0) is 32.7 Å². The van der Waals surface area contributed by atoms with Crippen LogP contribution in [0.25, 0.3) is 0 Å². The van der Waals surface area contributed by atoms with Crippen LogP contribution in [0.3, 0.4) is 0 Å². The molecule has 0 aromatic heterocycles. The second kappa shape index (κ2) is 14.2. The van der Waals surface area contributed by atoms with Crippen molar-refractivity contribution in [2.24, 2.45) is 11.5 Å². The molecular formula is C17H31N5O9. The van der Waals surface area contributed by atoms with Crippen LogP contribution in [0.4, 0.5) is 0 Å². The Hall–Kier alpha value is -2.81. The summed E-state index contributed by atoms with van der Waals surface area (Å²) in [7, 11) is 0. The number of unbranched alkanes of at least 4 members (excludes halogenated alkanes) is 1. The van der Waals surface area contributed by atoms with Crippen LogP contribution in [-0.4, -0.2) is 93.5 Å². The van der Waals surface area contributed by atoms with Crippen LogP contribution < -0.4 is 27.4 Å². The van der Waals surface area contributed by atoms with Gasteiger partial charge in [-0.2, -0.15) is 0 Å². The van der Waals surface area contributed by atoms with Gasteiger partial charge in [-0.25, -0.2) is 4.79 Å². The first-order chi connectivity index (χ1) is 14.4. The first-order valence-corrected chi connectivity index (χ1v) is 9.54. The van der Waals surface area contributed by atoms with E-state index in [-0.39, 0.29) is 6.42 Å². The number of aliphatic hydroxyl groups excluding tert-OH is 2. The third kappa shape index (κ3) is 10.7. The molecule has 11 N–H and O–H groups in total. The number of carboxylic acids is 2. The summed E-state index contributed by atoms with van der Waals surface area (Å²) in [5.74, 6) is -5.93. The fourth-order valence-electron chi connectivity index (χ4n) is 2.36. The number of hydrogen-bond acceptors (Lipinski definition) is 9. The van der Waals surface area contributed by atoms with Crippen LogP contribution in [0.2, 0.25) is 0 Å². The monoisotopic (exact) mass is 449 g/mol. The summed E-state index contributed by atoms with van der Waals surface area (Å²) in [6.07, 6.45) is -1.14. The van der Waals surface area contributed by atoms with Gasteiger partial charge in [-0.15, -0.1) is 0 Å². The van der Waals surface area contributed by atoms with E-state index in [0.717, 1.165) is 0 Å². The smallest absolute Gasteiger partial charge is 0.326 e. The van der Waals surface area contributed by atoms with E-state index < -0.39 is 73.0 Å². The molecule has 31 heavy (non-hydrogen) atoms. The number of rotatable bonds is 15. The molecule has 0 radical (unpaired) electrons. The van der Waals surface area contributed by atoms with Crippen LogP contribution >= 0.6 is 0 Å². The number of carbonyl (C=O) groups is 5. The maximum Gasteiger partial charge on any atom is 0.326 e. The Morgan fingerprint density at radius 2 is 1.39 bits per heavy atom. The van der Waals surface area contributed by atoms with Crippen molar-refractivity contribution in [2.45, 2.75) is 62.9 Å². The summed E-state index contributed by atoms with van der Waals surface area (Å²) >= 11 is 0. The average molecular weight is 449 g/mol. The van der Waals surface area contributed by atoms with Gasteiger partial charge in [0.15, 0.2) is 0 Å². The number of nitrogens with one attached hydrogen (secondary N) is 3. The van der Waals surface area contributed by atoms with Crippen molar-refractivity contribution in [3.8, 4) is 0 Å². The summed E-state index contributed by atoms with van der Waals surface area (Å²) in [6.45, 7) is 0.633. The van der Waals surface area contributed by atoms with Gasteiger partial charge < -0.3 is 47.8 Å². The summed E-state index contributed by atoms with van der Waals surface area (Å²) in [5, 5.41) is 43.2. The van der Waals surface area contributed by atoms with E-state index in [0.29, 0.717) is 19.4 Å². The summed E-state index contributed by atoms with van der Waals surface area (Å²) in [6, 6.07) is -6.01. The highest BCUT2D eigenvalue weighted by molar-refractivity contribution is 5.95. The van der Waals surface area contributed by atoms with Gasteiger partial charge in [-0.3, -0.25) is 19.2 Å². The van der Waals surface area contributed by atoms with Gasteiger partial charge in [0.25, 0.3) is 0 Å². The maximum atomic E-state index is 12.4. The number of carboxylic acid groups (broad SMARTS) is 2. The molecule has 14 heteroatoms. The lowest BCUT2D eigenvalue weighted by Crippen LogP contribution is -2.59. The molecule has 5 atom stereocenters. The number of hydrogen-bond donors (Lipinski definition) is 9. The van der Waals surface area contributed by atoms with E-state index in [9.17, 15) is 39.3 Å². The number of aliphatic hydroxyl groups is 2. The van der Waals surface area contributed by atoms with Crippen LogP contribution in [0.5, 0.6) is 0 Å². The van der Waals surface area contributed by atoms with Crippen molar-refractivity contribution in [2.75, 3.05) is 13.2 Å². The van der Waals surface area contributed by atoms with Gasteiger partial charge >= 0.3 is 11.9 Å². The van der Waals surface area contributed by atoms with Gasteiger partial charge in [0.05, 0.1) is 19.1 Å². The quantitative estimate of drug-likeness (QED) is 0.108. The number of nitrogens with two attached hydrogens (primary N) is 2. The Bertz CT molecular complexity index is 643. The van der Waals surface area contributed by atoms with E-state index in [1.165, 1.54) is 6.92 Å². The number of carbonyl (C=O) groups excluding carboxylic acids is 3. The highest BCUT2D eigenvalue weighted by Crippen LogP contribution is 2.02. The van der Waals surface area contributed by atoms with Crippen molar-refractivity contribution in [1.82, 2.24) is 16.0 Å². The molecule has 0 rings (SSSR count). The van der Waals surface area contributed by atoms with Gasteiger partial charge in [0.1, 0.15) is 24.2 Å². The Morgan fingerprint density at radius 3 is 1.84 bits per heavy atom. The molecular weight excluding hydrogens is 418 g/mol. The van der Waals surface area contributed by atoms with Crippen LogP contribution in [0.1, 0.15) is 32.6 Å². The van der Waals surface area contributed by atoms with E-state index >= 15 is 0 Å². The fourth-order valence-corrected chi connectivity index (χ4v) is 2.36. The normalized spacial score (nSPS) is 15.6. The third-order valence-electron chi connectivity index (χ3n) is 4.21. The molecule has 0 saturated carbocycles. The van der Waals surface area contributed by atoms with Crippen molar-refractivity contribution in [3.63, 3.8) is 0 Å². The molecule has 5 unspecified atom stereocenters. The minimum Gasteiger partial charge on any atom is -0.481 e. The minimum atomic E-state index is -1.67. The first-order valence-electron chi connectivity index (χ1n) is 9.54. The predicted octanol–water partition coefficient (Wildman–Crippen LogP) is -4.17. The molecule has 178 valence electrons.